The van der Waals surface area contributed by atoms with Gasteiger partial charge in [-0.2, -0.15) is 0 Å². The number of H-pyrrole nitrogens is 1. The molecule has 0 amide bonds. The van der Waals surface area contributed by atoms with E-state index in [9.17, 15) is 9.90 Å². The summed E-state index contributed by atoms with van der Waals surface area (Å²) in [6, 6.07) is 6.74. The molecule has 2 rings (SSSR count). The monoisotopic (exact) mass is 219 g/mol. The molecule has 0 aliphatic rings. The largest absolute Gasteiger partial charge is 0.508 e. The second kappa shape index (κ2) is 3.74. The van der Waals surface area contributed by atoms with Crippen molar-refractivity contribution in [1.29, 1.82) is 0 Å². The maximum atomic E-state index is 11.4. The molecule has 76 valence electrons. The Hall–Kier alpha value is -1.81. The minimum absolute atomic E-state index is 0.145. The Morgan fingerprint density at radius 1 is 1.47 bits per heavy atom. The van der Waals surface area contributed by atoms with E-state index in [1.165, 1.54) is 11.3 Å². The average molecular weight is 219 g/mol. The fraction of sp³-hybridized carbons (Fsp3) is 0. The van der Waals surface area contributed by atoms with Crippen LogP contribution in [-0.4, -0.2) is 10.1 Å². The molecule has 3 nitrogen and oxygen atoms in total. The van der Waals surface area contributed by atoms with Crippen molar-refractivity contribution < 1.29 is 5.11 Å². The quantitative estimate of drug-likeness (QED) is 0.728. The highest BCUT2D eigenvalue weighted by molar-refractivity contribution is 7.07. The van der Waals surface area contributed by atoms with E-state index >= 15 is 0 Å². The van der Waals surface area contributed by atoms with Crippen LogP contribution in [0.3, 0.4) is 0 Å². The van der Waals surface area contributed by atoms with Gasteiger partial charge in [-0.3, -0.25) is 4.79 Å². The maximum Gasteiger partial charge on any atom is 0.266 e. The van der Waals surface area contributed by atoms with Crippen molar-refractivity contribution in [1.82, 2.24) is 4.98 Å². The Bertz CT molecular complexity index is 639. The summed E-state index contributed by atoms with van der Waals surface area (Å²) in [5.41, 5.74) is 0.649. The number of benzene rings is 1. The summed E-state index contributed by atoms with van der Waals surface area (Å²) in [4.78, 5) is 14.0. The van der Waals surface area contributed by atoms with E-state index in [1.807, 2.05) is 6.07 Å². The topological polar surface area (TPSA) is 53.1 Å². The predicted molar refractivity (Wildman–Crippen MR) is 61.4 cm³/mol. The fourth-order valence-corrected chi connectivity index (χ4v) is 2.00. The van der Waals surface area contributed by atoms with Crippen LogP contribution in [0.4, 0.5) is 0 Å². The van der Waals surface area contributed by atoms with Gasteiger partial charge in [-0.1, -0.05) is 18.7 Å². The van der Waals surface area contributed by atoms with E-state index in [0.29, 0.717) is 9.20 Å². The van der Waals surface area contributed by atoms with Crippen LogP contribution in [0.5, 0.6) is 5.75 Å². The second-order valence-electron chi connectivity index (χ2n) is 3.08. The summed E-state index contributed by atoms with van der Waals surface area (Å²) < 4.78 is 1.22. The molecule has 15 heavy (non-hydrogen) atoms. The Morgan fingerprint density at radius 2 is 2.27 bits per heavy atom. The third-order valence-electron chi connectivity index (χ3n) is 1.88. The Morgan fingerprint density at radius 3 is 2.87 bits per heavy atom. The summed E-state index contributed by atoms with van der Waals surface area (Å²) in [7, 11) is 0. The van der Waals surface area contributed by atoms with E-state index in [0.717, 1.165) is 5.56 Å². The average Bonchev–Trinajstić information content (AvgIpc) is 2.45. The summed E-state index contributed by atoms with van der Waals surface area (Å²) in [5, 5.41) is 9.25. The smallest absolute Gasteiger partial charge is 0.266 e. The zero-order chi connectivity index (χ0) is 10.8. The van der Waals surface area contributed by atoms with E-state index in [-0.39, 0.29) is 11.3 Å². The highest BCUT2D eigenvalue weighted by atomic mass is 32.1. The molecule has 0 radical (unpaired) electrons. The molecule has 1 aromatic carbocycles. The highest BCUT2D eigenvalue weighted by Gasteiger charge is 1.94. The van der Waals surface area contributed by atoms with Gasteiger partial charge in [0.15, 0.2) is 0 Å². The summed E-state index contributed by atoms with van der Waals surface area (Å²) in [6.07, 6.45) is 1.72. The van der Waals surface area contributed by atoms with Crippen LogP contribution in [0.15, 0.2) is 29.1 Å². The first-order valence-corrected chi connectivity index (χ1v) is 5.15. The minimum atomic E-state index is -0.145. The van der Waals surface area contributed by atoms with Crippen LogP contribution in [0, 0.1) is 0 Å². The van der Waals surface area contributed by atoms with E-state index in [1.54, 1.807) is 24.3 Å². The maximum absolute atomic E-state index is 11.4. The highest BCUT2D eigenvalue weighted by Crippen LogP contribution is 2.10. The van der Waals surface area contributed by atoms with Crippen molar-refractivity contribution in [3.63, 3.8) is 0 Å². The SMILES string of the molecule is C=c1[nH]c(=O)/c(=C/c2cccc(O)c2)s1. The standard InChI is InChI=1S/C11H9NO2S/c1-7-12-11(14)10(15-7)6-8-3-2-4-9(13)5-8/h2-6,13H,1H2,(H,12,14)/b10-6-. The van der Waals surface area contributed by atoms with Gasteiger partial charge in [-0.05, 0) is 23.8 Å². The van der Waals surface area contributed by atoms with Gasteiger partial charge in [0.05, 0.1) is 9.20 Å². The molecule has 2 N–H and O–H groups in total. The van der Waals surface area contributed by atoms with Crippen molar-refractivity contribution in [2.75, 3.05) is 0 Å². The number of thiazole rings is 1. The van der Waals surface area contributed by atoms with Crippen molar-refractivity contribution in [3.05, 3.63) is 49.4 Å². The van der Waals surface area contributed by atoms with E-state index < -0.39 is 0 Å². The third kappa shape index (κ3) is 2.16. The summed E-state index contributed by atoms with van der Waals surface area (Å²) in [6.45, 7) is 3.65. The van der Waals surface area contributed by atoms with Crippen LogP contribution in [0.25, 0.3) is 12.7 Å². The molecule has 0 unspecified atom stereocenters. The second-order valence-corrected chi connectivity index (χ2v) is 4.22. The minimum Gasteiger partial charge on any atom is -0.508 e. The lowest BCUT2D eigenvalue weighted by Gasteiger charge is -1.92. The molecule has 0 atom stereocenters. The van der Waals surface area contributed by atoms with Gasteiger partial charge < -0.3 is 10.1 Å². The van der Waals surface area contributed by atoms with Gasteiger partial charge in [0, 0.05) is 0 Å². The number of rotatable bonds is 1. The molecule has 0 spiro atoms. The van der Waals surface area contributed by atoms with Crippen LogP contribution in [-0.2, 0) is 0 Å². The van der Waals surface area contributed by atoms with Crippen molar-refractivity contribution in [2.24, 2.45) is 0 Å². The van der Waals surface area contributed by atoms with Crippen LogP contribution in [0.2, 0.25) is 0 Å². The molecule has 4 heteroatoms. The third-order valence-corrected chi connectivity index (χ3v) is 2.75. The lowest BCUT2D eigenvalue weighted by molar-refractivity contribution is 0.475. The van der Waals surface area contributed by atoms with Gasteiger partial charge in [0.2, 0.25) is 0 Å². The predicted octanol–water partition coefficient (Wildman–Crippen LogP) is 0.381. The number of nitrogens with one attached hydrogen (secondary N) is 1. The molecule has 0 aliphatic heterocycles. The molecule has 0 fully saturated rings. The fourth-order valence-electron chi connectivity index (χ4n) is 1.25. The van der Waals surface area contributed by atoms with Gasteiger partial charge in [0.1, 0.15) is 5.75 Å². The molecular weight excluding hydrogens is 210 g/mol. The number of aromatic nitrogens is 1. The van der Waals surface area contributed by atoms with Crippen LogP contribution in [0.1, 0.15) is 5.56 Å². The normalized spacial score (nSPS) is 11.9. The molecule has 1 aromatic heterocycles. The zero-order valence-electron chi connectivity index (χ0n) is 7.86. The number of hydrogen-bond acceptors (Lipinski definition) is 3. The first-order valence-electron chi connectivity index (χ1n) is 4.34. The number of aromatic amines is 1. The molecule has 1 heterocycles. The van der Waals surface area contributed by atoms with Crippen molar-refractivity contribution >= 4 is 24.0 Å². The summed E-state index contributed by atoms with van der Waals surface area (Å²) in [5.74, 6) is 0.187. The Balaban J connectivity index is 2.60. The van der Waals surface area contributed by atoms with E-state index in [2.05, 4.69) is 11.6 Å². The lowest BCUT2D eigenvalue weighted by atomic mass is 10.2. The number of aromatic hydroxyl groups is 1. The lowest BCUT2D eigenvalue weighted by Crippen LogP contribution is -2.19. The molecule has 0 aliphatic carbocycles. The van der Waals surface area contributed by atoms with Gasteiger partial charge in [-0.25, -0.2) is 0 Å². The van der Waals surface area contributed by atoms with Gasteiger partial charge >= 0.3 is 0 Å². The molecule has 0 bridgehead atoms. The first kappa shape index (κ1) is 9.73. The van der Waals surface area contributed by atoms with Crippen LogP contribution >= 0.6 is 11.3 Å². The summed E-state index contributed by atoms with van der Waals surface area (Å²) >= 11 is 1.30. The molecule has 0 saturated carbocycles. The zero-order valence-corrected chi connectivity index (χ0v) is 8.67. The number of hydrogen-bond donors (Lipinski definition) is 2. The van der Waals surface area contributed by atoms with Crippen molar-refractivity contribution in [2.45, 2.75) is 0 Å². The van der Waals surface area contributed by atoms with Gasteiger partial charge in [0.25, 0.3) is 5.56 Å². The van der Waals surface area contributed by atoms with Crippen molar-refractivity contribution in [3.8, 4) is 5.75 Å². The molecular formula is C11H9NO2S. The van der Waals surface area contributed by atoms with E-state index in [4.69, 9.17) is 0 Å². The molecule has 0 saturated heterocycles. The Labute approximate surface area is 89.7 Å². The van der Waals surface area contributed by atoms with Crippen LogP contribution < -0.4 is 14.8 Å². The Kier molecular flexibility index (Phi) is 2.43. The molecule has 2 aromatic rings. The van der Waals surface area contributed by atoms with Gasteiger partial charge in [-0.15, -0.1) is 11.3 Å². The first-order chi connectivity index (χ1) is 7.15. The number of phenols is 1. The number of phenolic OH excluding ortho intramolecular Hbond substituents is 1.